The van der Waals surface area contributed by atoms with Gasteiger partial charge >= 0.3 is 6.18 Å². The van der Waals surface area contributed by atoms with Crippen LogP contribution in [0.2, 0.25) is 0 Å². The fourth-order valence-corrected chi connectivity index (χ4v) is 4.98. The molecule has 2 aliphatic rings. The third-order valence-electron chi connectivity index (χ3n) is 6.36. The van der Waals surface area contributed by atoms with Crippen molar-refractivity contribution in [1.29, 1.82) is 0 Å². The van der Waals surface area contributed by atoms with Crippen molar-refractivity contribution in [3.63, 3.8) is 0 Å². The highest BCUT2D eigenvalue weighted by atomic mass is 127. The van der Waals surface area contributed by atoms with E-state index in [1.54, 1.807) is 0 Å². The highest BCUT2D eigenvalue weighted by Gasteiger charge is 2.35. The zero-order valence-corrected chi connectivity index (χ0v) is 20.3. The van der Waals surface area contributed by atoms with Gasteiger partial charge in [-0.15, -0.1) is 0 Å². The Bertz CT molecular complexity index is 994. The number of halogens is 4. The lowest BCUT2D eigenvalue weighted by Gasteiger charge is -2.47. The Kier molecular flexibility index (Phi) is 7.32. The highest BCUT2D eigenvalue weighted by molar-refractivity contribution is 14.1. The molecule has 4 rings (SSSR count). The predicted molar refractivity (Wildman–Crippen MR) is 128 cm³/mol. The van der Waals surface area contributed by atoms with Crippen molar-refractivity contribution < 1.29 is 18.0 Å². The number of carbonyl (C=O) groups excluding carboxylic acids is 1. The summed E-state index contributed by atoms with van der Waals surface area (Å²) in [6.45, 7) is 5.97. The van der Waals surface area contributed by atoms with Crippen LogP contribution in [0.5, 0.6) is 0 Å². The first-order valence-corrected chi connectivity index (χ1v) is 12.1. The molecule has 6 nitrogen and oxygen atoms in total. The van der Waals surface area contributed by atoms with Crippen LogP contribution in [0.3, 0.4) is 0 Å². The second kappa shape index (κ2) is 10.0. The zero-order valence-electron chi connectivity index (χ0n) is 18.1. The molecule has 1 saturated heterocycles. The molecule has 1 aliphatic heterocycles. The fraction of sp³-hybridized carbons (Fsp3) is 0.478. The minimum Gasteiger partial charge on any atom is -0.382 e. The minimum absolute atomic E-state index is 0.0205. The maximum atomic E-state index is 12.8. The molecule has 0 radical (unpaired) electrons. The summed E-state index contributed by atoms with van der Waals surface area (Å²) in [4.78, 5) is 14.7. The summed E-state index contributed by atoms with van der Waals surface area (Å²) in [7, 11) is 0. The molecule has 1 aliphatic carbocycles. The fourth-order valence-electron chi connectivity index (χ4n) is 4.57. The first kappa shape index (κ1) is 24.1. The second-order valence-electron chi connectivity index (χ2n) is 8.76. The number of rotatable bonds is 7. The van der Waals surface area contributed by atoms with Crippen LogP contribution in [0, 0.1) is 3.57 Å². The van der Waals surface area contributed by atoms with Gasteiger partial charge < -0.3 is 10.6 Å². The van der Waals surface area contributed by atoms with E-state index in [0.29, 0.717) is 17.8 Å². The first-order chi connectivity index (χ1) is 15.7. The molecule has 0 bridgehead atoms. The smallest absolute Gasteiger partial charge is 0.382 e. The van der Waals surface area contributed by atoms with Gasteiger partial charge in [-0.3, -0.25) is 14.4 Å². The first-order valence-electron chi connectivity index (χ1n) is 11.0. The Morgan fingerprint density at radius 1 is 1.18 bits per heavy atom. The van der Waals surface area contributed by atoms with Gasteiger partial charge in [-0.2, -0.15) is 18.3 Å². The van der Waals surface area contributed by atoms with E-state index in [2.05, 4.69) is 60.7 Å². The number of benzene rings is 1. The third-order valence-corrected chi connectivity index (χ3v) is 6.92. The molecular formula is C23H27F3IN5O. The molecule has 0 atom stereocenters. The largest absolute Gasteiger partial charge is 0.416 e. The Hall–Kier alpha value is -2.08. The number of hydrogen-bond donors (Lipinski definition) is 2. The number of likely N-dealkylation sites (tertiary alicyclic amines) is 1. The molecule has 2 N–H and O–H groups in total. The predicted octanol–water partition coefficient (Wildman–Crippen LogP) is 4.21. The summed E-state index contributed by atoms with van der Waals surface area (Å²) >= 11 is 2.28. The summed E-state index contributed by atoms with van der Waals surface area (Å²) in [5, 5.41) is 10.4. The number of aromatic nitrogens is 2. The van der Waals surface area contributed by atoms with Crippen LogP contribution < -0.4 is 10.6 Å². The monoisotopic (exact) mass is 573 g/mol. The molecule has 0 unspecified atom stereocenters. The third kappa shape index (κ3) is 6.08. The van der Waals surface area contributed by atoms with Crippen molar-refractivity contribution in [2.24, 2.45) is 0 Å². The van der Waals surface area contributed by atoms with Crippen LogP contribution in [0.4, 0.5) is 13.2 Å². The lowest BCUT2D eigenvalue weighted by atomic mass is 9.88. The normalized spacial score (nSPS) is 21.9. The molecule has 2 aromatic rings. The summed E-state index contributed by atoms with van der Waals surface area (Å²) < 4.78 is 41.8. The SMILES string of the molecule is C=C(CNC(=O)c1cccc(C(F)(F)F)c1)NC1CN(C2CCC(n3cc(I)cn3)CC2)C1. The van der Waals surface area contributed by atoms with Gasteiger partial charge in [0, 0.05) is 36.6 Å². The maximum Gasteiger partial charge on any atom is 0.416 e. The van der Waals surface area contributed by atoms with Crippen molar-refractivity contribution in [2.75, 3.05) is 19.6 Å². The van der Waals surface area contributed by atoms with Crippen LogP contribution in [-0.4, -0.2) is 52.3 Å². The molecular weight excluding hydrogens is 546 g/mol. The van der Waals surface area contributed by atoms with Gasteiger partial charge in [-0.25, -0.2) is 0 Å². The van der Waals surface area contributed by atoms with E-state index < -0.39 is 17.6 Å². The average Bonchev–Trinajstić information content (AvgIpc) is 3.20. The molecule has 2 heterocycles. The van der Waals surface area contributed by atoms with Crippen molar-refractivity contribution in [3.05, 3.63) is 63.6 Å². The Labute approximate surface area is 204 Å². The van der Waals surface area contributed by atoms with Crippen molar-refractivity contribution >= 4 is 28.5 Å². The Morgan fingerprint density at radius 3 is 2.52 bits per heavy atom. The van der Waals surface area contributed by atoms with E-state index in [9.17, 15) is 18.0 Å². The molecule has 1 amide bonds. The number of nitrogens with one attached hydrogen (secondary N) is 2. The van der Waals surface area contributed by atoms with Gasteiger partial charge in [0.15, 0.2) is 0 Å². The van der Waals surface area contributed by atoms with Gasteiger partial charge in [0.1, 0.15) is 0 Å². The second-order valence-corrected chi connectivity index (χ2v) is 10.0. The molecule has 33 heavy (non-hydrogen) atoms. The summed E-state index contributed by atoms with van der Waals surface area (Å²) in [5.74, 6) is -0.553. The molecule has 2 fully saturated rings. The molecule has 1 saturated carbocycles. The number of nitrogens with zero attached hydrogens (tertiary/aromatic N) is 3. The molecule has 178 valence electrons. The van der Waals surface area contributed by atoms with Crippen LogP contribution >= 0.6 is 22.6 Å². The molecule has 1 aromatic heterocycles. The van der Waals surface area contributed by atoms with Crippen LogP contribution in [0.1, 0.15) is 47.6 Å². The highest BCUT2D eigenvalue weighted by Crippen LogP contribution is 2.33. The molecule has 10 heteroatoms. The van der Waals surface area contributed by atoms with Crippen molar-refractivity contribution in [3.8, 4) is 0 Å². The Balaban J connectivity index is 1.15. The van der Waals surface area contributed by atoms with E-state index in [1.165, 1.54) is 12.1 Å². The van der Waals surface area contributed by atoms with E-state index >= 15 is 0 Å². The quantitative estimate of drug-likeness (QED) is 0.488. The number of hydrogen-bond acceptors (Lipinski definition) is 4. The van der Waals surface area contributed by atoms with E-state index in [1.807, 2.05) is 6.20 Å². The maximum absolute atomic E-state index is 12.8. The van der Waals surface area contributed by atoms with Crippen LogP contribution in [0.25, 0.3) is 0 Å². The summed E-state index contributed by atoms with van der Waals surface area (Å²) in [5.41, 5.74) is -0.208. The average molecular weight is 573 g/mol. The summed E-state index contributed by atoms with van der Waals surface area (Å²) in [6.07, 6.45) is 4.09. The van der Waals surface area contributed by atoms with Crippen LogP contribution in [-0.2, 0) is 6.18 Å². The number of alkyl halides is 3. The van der Waals surface area contributed by atoms with E-state index in [4.69, 9.17) is 0 Å². The van der Waals surface area contributed by atoms with Gasteiger partial charge in [0.2, 0.25) is 0 Å². The van der Waals surface area contributed by atoms with Gasteiger partial charge in [0.25, 0.3) is 5.91 Å². The van der Waals surface area contributed by atoms with Crippen molar-refractivity contribution in [1.82, 2.24) is 25.3 Å². The molecule has 0 spiro atoms. The number of amides is 1. The van der Waals surface area contributed by atoms with Crippen molar-refractivity contribution in [2.45, 2.75) is 50.0 Å². The number of carbonyl (C=O) groups is 1. The van der Waals surface area contributed by atoms with Gasteiger partial charge in [-0.1, -0.05) is 12.6 Å². The standard InChI is InChI=1S/C23H27F3IN5O/c1-15(10-28-22(33)16-3-2-4-17(9-16)23(24,25)26)30-19-13-31(14-19)20-5-7-21(8-6-20)32-12-18(27)11-29-32/h2-4,9,11-12,19-21,30H,1,5-8,10,13-14H2,(H,28,33). The molecule has 1 aromatic carbocycles. The van der Waals surface area contributed by atoms with E-state index in [-0.39, 0.29) is 18.2 Å². The Morgan fingerprint density at radius 2 is 1.88 bits per heavy atom. The van der Waals surface area contributed by atoms with Gasteiger partial charge in [0.05, 0.1) is 34.0 Å². The van der Waals surface area contributed by atoms with Crippen LogP contribution in [0.15, 0.2) is 48.9 Å². The van der Waals surface area contributed by atoms with Gasteiger partial charge in [-0.05, 0) is 66.5 Å². The lowest BCUT2D eigenvalue weighted by molar-refractivity contribution is -0.137. The van der Waals surface area contributed by atoms with E-state index in [0.717, 1.165) is 54.5 Å². The topological polar surface area (TPSA) is 62.2 Å². The summed E-state index contributed by atoms with van der Waals surface area (Å²) in [6, 6.07) is 5.75. The minimum atomic E-state index is -4.48. The zero-order chi connectivity index (χ0) is 23.6. The lowest BCUT2D eigenvalue weighted by Crippen LogP contribution is -2.61.